The van der Waals surface area contributed by atoms with Gasteiger partial charge in [0, 0.05) is 17.1 Å². The van der Waals surface area contributed by atoms with Gasteiger partial charge < -0.3 is 10.1 Å². The fraction of sp³-hybridized carbons (Fsp3) is 0.143. The molecule has 3 rings (SSSR count). The largest absolute Gasteiger partial charge is 0.479 e. The Morgan fingerprint density at radius 3 is 2.72 bits per heavy atom. The molecule has 0 aliphatic carbocycles. The topological polar surface area (TPSA) is 51.2 Å². The maximum atomic E-state index is 11.9. The van der Waals surface area contributed by atoms with Gasteiger partial charge in [0.2, 0.25) is 0 Å². The summed E-state index contributed by atoms with van der Waals surface area (Å²) in [5.41, 5.74) is 2.57. The summed E-state index contributed by atoms with van der Waals surface area (Å²) in [7, 11) is 0. The highest BCUT2D eigenvalue weighted by molar-refractivity contribution is 5.94. The molecule has 4 heteroatoms. The van der Waals surface area contributed by atoms with Crippen molar-refractivity contribution in [3.05, 3.63) is 71.9 Å². The summed E-state index contributed by atoms with van der Waals surface area (Å²) in [5.74, 6) is 6.36. The molecule has 0 bridgehead atoms. The zero-order valence-corrected chi connectivity index (χ0v) is 14.0. The molecular weight excluding hydrogens is 312 g/mol. The van der Waals surface area contributed by atoms with E-state index < -0.39 is 0 Å². The van der Waals surface area contributed by atoms with Crippen LogP contribution in [0, 0.1) is 18.8 Å². The van der Waals surface area contributed by atoms with E-state index in [2.05, 4.69) is 22.1 Å². The lowest BCUT2D eigenvalue weighted by molar-refractivity contribution is 0.0958. The van der Waals surface area contributed by atoms with Crippen molar-refractivity contribution in [3.63, 3.8) is 0 Å². The van der Waals surface area contributed by atoms with Crippen LogP contribution in [0.1, 0.15) is 15.9 Å². The number of nitrogens with zero attached hydrogens (tertiary/aromatic N) is 1. The summed E-state index contributed by atoms with van der Waals surface area (Å²) >= 11 is 0. The Balaban J connectivity index is 1.50. The van der Waals surface area contributed by atoms with Crippen molar-refractivity contribution in [2.45, 2.75) is 6.92 Å². The molecule has 0 unspecified atom stereocenters. The van der Waals surface area contributed by atoms with Gasteiger partial charge in [0.15, 0.2) is 0 Å². The molecule has 0 radical (unpaired) electrons. The second-order valence-corrected chi connectivity index (χ2v) is 5.52. The molecule has 0 atom stereocenters. The second-order valence-electron chi connectivity index (χ2n) is 5.52. The Morgan fingerprint density at radius 2 is 1.88 bits per heavy atom. The van der Waals surface area contributed by atoms with Crippen LogP contribution < -0.4 is 10.1 Å². The Hall–Kier alpha value is -3.32. The molecule has 124 valence electrons. The lowest BCUT2D eigenvalue weighted by atomic mass is 10.1. The van der Waals surface area contributed by atoms with Gasteiger partial charge in [-0.1, -0.05) is 47.7 Å². The van der Waals surface area contributed by atoms with E-state index in [1.165, 1.54) is 0 Å². The van der Waals surface area contributed by atoms with Crippen LogP contribution in [-0.2, 0) is 0 Å². The molecule has 2 aromatic carbocycles. The fourth-order valence-electron chi connectivity index (χ4n) is 2.35. The molecule has 0 spiro atoms. The maximum Gasteiger partial charge on any atom is 0.252 e. The van der Waals surface area contributed by atoms with E-state index in [9.17, 15) is 4.79 Å². The number of aromatic nitrogens is 1. The van der Waals surface area contributed by atoms with Crippen molar-refractivity contribution >= 4 is 16.8 Å². The third-order valence-corrected chi connectivity index (χ3v) is 3.67. The van der Waals surface area contributed by atoms with Gasteiger partial charge in [-0.25, -0.2) is 0 Å². The summed E-state index contributed by atoms with van der Waals surface area (Å²) in [6.45, 7) is 2.51. The number of hydrogen-bond acceptors (Lipinski definition) is 3. The van der Waals surface area contributed by atoms with Crippen molar-refractivity contribution in [3.8, 4) is 17.6 Å². The number of pyridine rings is 1. The number of carbonyl (C=O) groups excluding carboxylic acids is 1. The summed E-state index contributed by atoms with van der Waals surface area (Å²) < 4.78 is 5.68. The van der Waals surface area contributed by atoms with Gasteiger partial charge in [0.25, 0.3) is 5.91 Å². The number of hydrogen-bond donors (Lipinski definition) is 1. The average Bonchev–Trinajstić information content (AvgIpc) is 2.65. The Labute approximate surface area is 146 Å². The average molecular weight is 330 g/mol. The van der Waals surface area contributed by atoms with Crippen molar-refractivity contribution in [1.82, 2.24) is 10.3 Å². The van der Waals surface area contributed by atoms with E-state index in [1.54, 1.807) is 18.3 Å². The van der Waals surface area contributed by atoms with E-state index in [1.807, 2.05) is 49.4 Å². The molecule has 0 aliphatic heterocycles. The van der Waals surface area contributed by atoms with Crippen LogP contribution in [-0.4, -0.2) is 24.0 Å². The van der Waals surface area contributed by atoms with Gasteiger partial charge in [0.05, 0.1) is 6.54 Å². The SMILES string of the molecule is Cc1ccc(C(=O)NCC#CCOc2cccc3cccnc23)cc1. The van der Waals surface area contributed by atoms with Gasteiger partial charge in [-0.3, -0.25) is 9.78 Å². The highest BCUT2D eigenvalue weighted by atomic mass is 16.5. The second kappa shape index (κ2) is 7.98. The number of para-hydroxylation sites is 1. The number of fused-ring (bicyclic) bond motifs is 1. The highest BCUT2D eigenvalue weighted by Crippen LogP contribution is 2.22. The van der Waals surface area contributed by atoms with E-state index in [4.69, 9.17) is 4.74 Å². The molecule has 1 aromatic heterocycles. The number of aryl methyl sites for hydroxylation is 1. The van der Waals surface area contributed by atoms with Gasteiger partial charge >= 0.3 is 0 Å². The predicted octanol–water partition coefficient (Wildman–Crippen LogP) is 3.36. The summed E-state index contributed by atoms with van der Waals surface area (Å²) in [6, 6.07) is 17.1. The van der Waals surface area contributed by atoms with Crippen molar-refractivity contribution in [2.75, 3.05) is 13.2 Å². The predicted molar refractivity (Wildman–Crippen MR) is 98.5 cm³/mol. The molecule has 0 saturated carbocycles. The van der Waals surface area contributed by atoms with E-state index >= 15 is 0 Å². The molecule has 0 fully saturated rings. The van der Waals surface area contributed by atoms with Crippen LogP contribution >= 0.6 is 0 Å². The van der Waals surface area contributed by atoms with Crippen molar-refractivity contribution < 1.29 is 9.53 Å². The molecule has 1 N–H and O–H groups in total. The Bertz CT molecular complexity index is 932. The van der Waals surface area contributed by atoms with Gasteiger partial charge in [-0.15, -0.1) is 0 Å². The molecule has 25 heavy (non-hydrogen) atoms. The van der Waals surface area contributed by atoms with Crippen LogP contribution in [0.25, 0.3) is 10.9 Å². The maximum absolute atomic E-state index is 11.9. The fourth-order valence-corrected chi connectivity index (χ4v) is 2.35. The van der Waals surface area contributed by atoms with Crippen molar-refractivity contribution in [2.24, 2.45) is 0 Å². The van der Waals surface area contributed by atoms with Crippen LogP contribution in [0.4, 0.5) is 0 Å². The number of amides is 1. The summed E-state index contributed by atoms with van der Waals surface area (Å²) in [4.78, 5) is 16.3. The summed E-state index contributed by atoms with van der Waals surface area (Å²) in [5, 5.41) is 3.79. The molecule has 1 amide bonds. The van der Waals surface area contributed by atoms with Gasteiger partial charge in [-0.05, 0) is 31.2 Å². The zero-order chi connectivity index (χ0) is 17.5. The lowest BCUT2D eigenvalue weighted by Crippen LogP contribution is -2.23. The first-order chi connectivity index (χ1) is 12.2. The number of carbonyl (C=O) groups is 1. The molecule has 3 aromatic rings. The first-order valence-electron chi connectivity index (χ1n) is 8.01. The van der Waals surface area contributed by atoms with Gasteiger partial charge in [-0.2, -0.15) is 0 Å². The zero-order valence-electron chi connectivity index (χ0n) is 14.0. The number of rotatable bonds is 4. The molecule has 1 heterocycles. The Kier molecular flexibility index (Phi) is 5.28. The minimum atomic E-state index is -0.131. The van der Waals surface area contributed by atoms with Gasteiger partial charge in [0.1, 0.15) is 17.9 Å². The summed E-state index contributed by atoms with van der Waals surface area (Å²) in [6.07, 6.45) is 1.74. The normalized spacial score (nSPS) is 9.96. The molecular formula is C21H18N2O2. The quantitative estimate of drug-likeness (QED) is 0.746. The minimum Gasteiger partial charge on any atom is -0.479 e. The third kappa shape index (κ3) is 4.36. The van der Waals surface area contributed by atoms with Crippen LogP contribution in [0.2, 0.25) is 0 Å². The first-order valence-corrected chi connectivity index (χ1v) is 8.01. The van der Waals surface area contributed by atoms with E-state index in [0.717, 1.165) is 16.5 Å². The van der Waals surface area contributed by atoms with Crippen LogP contribution in [0.3, 0.4) is 0 Å². The standard InChI is InChI=1S/C21H18N2O2/c1-16-9-11-18(12-10-16)21(24)23-13-2-3-15-25-19-8-4-6-17-7-5-14-22-20(17)19/h4-12,14H,13,15H2,1H3,(H,23,24). The lowest BCUT2D eigenvalue weighted by Gasteiger charge is -2.05. The minimum absolute atomic E-state index is 0.131. The molecule has 4 nitrogen and oxygen atoms in total. The smallest absolute Gasteiger partial charge is 0.252 e. The monoisotopic (exact) mass is 330 g/mol. The van der Waals surface area contributed by atoms with E-state index in [0.29, 0.717) is 11.3 Å². The third-order valence-electron chi connectivity index (χ3n) is 3.67. The molecule has 0 saturated heterocycles. The highest BCUT2D eigenvalue weighted by Gasteiger charge is 2.03. The number of nitrogens with one attached hydrogen (secondary N) is 1. The van der Waals surface area contributed by atoms with Crippen LogP contribution in [0.15, 0.2) is 60.8 Å². The van der Waals surface area contributed by atoms with Crippen LogP contribution in [0.5, 0.6) is 5.75 Å². The van der Waals surface area contributed by atoms with Crippen molar-refractivity contribution in [1.29, 1.82) is 0 Å². The first kappa shape index (κ1) is 16.5. The molecule has 0 aliphatic rings. The Morgan fingerprint density at radius 1 is 1.08 bits per heavy atom. The number of ether oxygens (including phenoxy) is 1. The number of benzene rings is 2. The van der Waals surface area contributed by atoms with E-state index in [-0.39, 0.29) is 19.1 Å².